The Morgan fingerprint density at radius 2 is 2.00 bits per heavy atom. The lowest BCUT2D eigenvalue weighted by atomic mass is 10.1. The third kappa shape index (κ3) is 4.95. The van der Waals surface area contributed by atoms with E-state index in [4.69, 9.17) is 11.6 Å². The maximum Gasteiger partial charge on any atom is 0.422 e. The fraction of sp³-hybridized carbons (Fsp3) is 0.263. The second-order valence-electron chi connectivity index (χ2n) is 6.20. The summed E-state index contributed by atoms with van der Waals surface area (Å²) in [5.41, 5.74) is 0.900. The van der Waals surface area contributed by atoms with E-state index >= 15 is 0 Å². The Morgan fingerprint density at radius 1 is 1.21 bits per heavy atom. The van der Waals surface area contributed by atoms with Crippen LogP contribution in [0.15, 0.2) is 42.5 Å². The van der Waals surface area contributed by atoms with Crippen LogP contribution in [0, 0.1) is 0 Å². The van der Waals surface area contributed by atoms with E-state index < -0.39 is 18.7 Å². The maximum absolute atomic E-state index is 12.7. The highest BCUT2D eigenvalue weighted by Crippen LogP contribution is 2.30. The van der Waals surface area contributed by atoms with Crippen molar-refractivity contribution in [2.75, 3.05) is 23.4 Å². The van der Waals surface area contributed by atoms with Crippen LogP contribution < -0.4 is 15.0 Å². The van der Waals surface area contributed by atoms with Crippen molar-refractivity contribution in [2.45, 2.75) is 19.0 Å². The van der Waals surface area contributed by atoms with Gasteiger partial charge in [-0.3, -0.25) is 9.59 Å². The molecule has 2 aromatic rings. The number of alkyl halides is 3. The smallest absolute Gasteiger partial charge is 0.422 e. The number of rotatable bonds is 5. The van der Waals surface area contributed by atoms with E-state index in [1.54, 1.807) is 6.07 Å². The van der Waals surface area contributed by atoms with Gasteiger partial charge in [-0.1, -0.05) is 17.7 Å². The fourth-order valence-electron chi connectivity index (χ4n) is 2.85. The summed E-state index contributed by atoms with van der Waals surface area (Å²) >= 11 is 6.02. The molecule has 0 unspecified atom stereocenters. The normalized spacial score (nSPS) is 14.3. The van der Waals surface area contributed by atoms with E-state index in [2.05, 4.69) is 10.1 Å². The molecule has 2 aromatic carbocycles. The first-order chi connectivity index (χ1) is 13.2. The summed E-state index contributed by atoms with van der Waals surface area (Å²) in [6, 6.07) is 10.2. The van der Waals surface area contributed by atoms with Crippen molar-refractivity contribution in [1.82, 2.24) is 0 Å². The molecule has 1 N–H and O–H groups in total. The minimum absolute atomic E-state index is 0.0267. The number of benzene rings is 2. The Labute approximate surface area is 164 Å². The molecule has 148 valence electrons. The fourth-order valence-corrected chi connectivity index (χ4v) is 3.02. The van der Waals surface area contributed by atoms with Crippen LogP contribution >= 0.6 is 11.6 Å². The van der Waals surface area contributed by atoms with Crippen molar-refractivity contribution in [3.63, 3.8) is 0 Å². The van der Waals surface area contributed by atoms with Crippen LogP contribution in [0.4, 0.5) is 24.5 Å². The van der Waals surface area contributed by atoms with Gasteiger partial charge < -0.3 is 15.0 Å². The highest BCUT2D eigenvalue weighted by Gasteiger charge is 2.29. The van der Waals surface area contributed by atoms with Gasteiger partial charge in [0.15, 0.2) is 6.61 Å². The summed E-state index contributed by atoms with van der Waals surface area (Å²) in [6.07, 6.45) is -3.38. The topological polar surface area (TPSA) is 58.6 Å². The molecule has 1 aliphatic heterocycles. The first kappa shape index (κ1) is 20.0. The molecule has 1 heterocycles. The zero-order valence-corrected chi connectivity index (χ0v) is 15.3. The van der Waals surface area contributed by atoms with Gasteiger partial charge in [-0.25, -0.2) is 0 Å². The SMILES string of the molecule is O=C(Nc1cccc(OCC(F)(F)F)c1)c1ccc(Cl)cc1N1CCCC1=O. The second kappa shape index (κ2) is 8.10. The van der Waals surface area contributed by atoms with Crippen LogP contribution in [0.25, 0.3) is 0 Å². The Morgan fingerprint density at radius 3 is 2.68 bits per heavy atom. The lowest BCUT2D eigenvalue weighted by Crippen LogP contribution is -2.27. The number of amides is 2. The molecule has 0 bridgehead atoms. The summed E-state index contributed by atoms with van der Waals surface area (Å²) in [6.45, 7) is -0.941. The zero-order chi connectivity index (χ0) is 20.3. The minimum atomic E-state index is -4.46. The van der Waals surface area contributed by atoms with Gasteiger partial charge in [0.2, 0.25) is 5.91 Å². The molecule has 0 atom stereocenters. The van der Waals surface area contributed by atoms with Crippen molar-refractivity contribution >= 4 is 34.8 Å². The van der Waals surface area contributed by atoms with Gasteiger partial charge in [0.1, 0.15) is 5.75 Å². The van der Waals surface area contributed by atoms with Crippen LogP contribution in [0.3, 0.4) is 0 Å². The molecule has 9 heteroatoms. The van der Waals surface area contributed by atoms with E-state index in [9.17, 15) is 22.8 Å². The number of anilines is 2. The molecule has 0 radical (unpaired) electrons. The monoisotopic (exact) mass is 412 g/mol. The van der Waals surface area contributed by atoms with Crippen LogP contribution in [0.1, 0.15) is 23.2 Å². The van der Waals surface area contributed by atoms with E-state index in [1.165, 1.54) is 41.3 Å². The molecule has 1 aliphatic rings. The number of carbonyl (C=O) groups excluding carboxylic acids is 2. The van der Waals surface area contributed by atoms with Crippen LogP contribution in [0.2, 0.25) is 5.02 Å². The van der Waals surface area contributed by atoms with Crippen LogP contribution in [-0.2, 0) is 4.79 Å². The maximum atomic E-state index is 12.7. The van der Waals surface area contributed by atoms with Gasteiger partial charge in [-0.15, -0.1) is 0 Å². The van der Waals surface area contributed by atoms with Gasteiger partial charge in [0, 0.05) is 29.7 Å². The molecule has 1 saturated heterocycles. The third-order valence-electron chi connectivity index (χ3n) is 4.06. The van der Waals surface area contributed by atoms with E-state index in [0.717, 1.165) is 0 Å². The van der Waals surface area contributed by atoms with Crippen molar-refractivity contribution in [1.29, 1.82) is 0 Å². The standard InChI is InChI=1S/C19H16ClF3N2O3/c20-12-6-7-15(16(9-12)25-8-2-5-17(25)26)18(27)24-13-3-1-4-14(10-13)28-11-19(21,22)23/h1,3-4,6-7,9-10H,2,5,8,11H2,(H,24,27). The number of nitrogens with zero attached hydrogens (tertiary/aromatic N) is 1. The molecular weight excluding hydrogens is 397 g/mol. The third-order valence-corrected chi connectivity index (χ3v) is 4.30. The average Bonchev–Trinajstić information content (AvgIpc) is 3.05. The number of carbonyl (C=O) groups is 2. The molecule has 1 fully saturated rings. The number of nitrogens with one attached hydrogen (secondary N) is 1. The highest BCUT2D eigenvalue weighted by atomic mass is 35.5. The summed E-state index contributed by atoms with van der Waals surface area (Å²) < 4.78 is 41.6. The predicted octanol–water partition coefficient (Wildman–Crippen LogP) is 4.66. The largest absolute Gasteiger partial charge is 0.484 e. The first-order valence-electron chi connectivity index (χ1n) is 8.44. The number of ether oxygens (including phenoxy) is 1. The Balaban J connectivity index is 1.79. The number of hydrogen-bond acceptors (Lipinski definition) is 3. The quantitative estimate of drug-likeness (QED) is 0.777. The average molecular weight is 413 g/mol. The molecule has 0 aliphatic carbocycles. The van der Waals surface area contributed by atoms with Crippen molar-refractivity contribution in [2.24, 2.45) is 0 Å². The molecule has 0 saturated carbocycles. The number of hydrogen-bond donors (Lipinski definition) is 1. The minimum Gasteiger partial charge on any atom is -0.484 e. The molecule has 0 aromatic heterocycles. The van der Waals surface area contributed by atoms with Crippen LogP contribution in [-0.4, -0.2) is 31.1 Å². The Hall–Kier alpha value is -2.74. The van der Waals surface area contributed by atoms with Gasteiger partial charge in [0.25, 0.3) is 5.91 Å². The number of halogens is 4. The summed E-state index contributed by atoms with van der Waals surface area (Å²) in [4.78, 5) is 26.3. The molecule has 5 nitrogen and oxygen atoms in total. The van der Waals surface area contributed by atoms with Gasteiger partial charge >= 0.3 is 6.18 Å². The zero-order valence-electron chi connectivity index (χ0n) is 14.6. The predicted molar refractivity (Wildman–Crippen MR) is 99.0 cm³/mol. The van der Waals surface area contributed by atoms with Crippen molar-refractivity contribution < 1.29 is 27.5 Å². The van der Waals surface area contributed by atoms with E-state index in [0.29, 0.717) is 30.1 Å². The summed E-state index contributed by atoms with van der Waals surface area (Å²) in [5, 5.41) is 3.00. The summed E-state index contributed by atoms with van der Waals surface area (Å²) in [5.74, 6) is -0.639. The first-order valence-corrected chi connectivity index (χ1v) is 8.81. The lowest BCUT2D eigenvalue weighted by molar-refractivity contribution is -0.153. The molecule has 28 heavy (non-hydrogen) atoms. The molecule has 0 spiro atoms. The Bertz CT molecular complexity index is 902. The highest BCUT2D eigenvalue weighted by molar-refractivity contribution is 6.31. The van der Waals surface area contributed by atoms with Gasteiger partial charge in [-0.2, -0.15) is 13.2 Å². The van der Waals surface area contributed by atoms with Gasteiger partial charge in [-0.05, 0) is 36.8 Å². The summed E-state index contributed by atoms with van der Waals surface area (Å²) in [7, 11) is 0. The van der Waals surface area contributed by atoms with E-state index in [1.807, 2.05) is 0 Å². The van der Waals surface area contributed by atoms with E-state index in [-0.39, 0.29) is 22.9 Å². The van der Waals surface area contributed by atoms with Crippen molar-refractivity contribution in [3.8, 4) is 5.75 Å². The van der Waals surface area contributed by atoms with Gasteiger partial charge in [0.05, 0.1) is 11.3 Å². The van der Waals surface area contributed by atoms with Crippen LogP contribution in [0.5, 0.6) is 5.75 Å². The second-order valence-corrected chi connectivity index (χ2v) is 6.63. The van der Waals surface area contributed by atoms with Crippen molar-refractivity contribution in [3.05, 3.63) is 53.1 Å². The molecular formula is C19H16ClF3N2O3. The molecule has 3 rings (SSSR count). The molecule has 2 amide bonds. The Kier molecular flexibility index (Phi) is 5.79. The lowest BCUT2D eigenvalue weighted by Gasteiger charge is -2.20.